The molecule has 0 radical (unpaired) electrons. The van der Waals surface area contributed by atoms with Gasteiger partial charge in [0.25, 0.3) is 0 Å². The molecule has 0 heterocycles. The Morgan fingerprint density at radius 3 is 2.62 bits per heavy atom. The molecule has 0 spiro atoms. The maximum absolute atomic E-state index is 6.09. The molecule has 1 rings (SSSR count). The van der Waals surface area contributed by atoms with E-state index in [4.69, 9.17) is 28.9 Å². The third-order valence-electron chi connectivity index (χ3n) is 2.68. The minimum absolute atomic E-state index is 0.199. The Bertz CT molecular complexity index is 326. The molecule has 0 aromatic heterocycles. The van der Waals surface area contributed by atoms with Crippen molar-refractivity contribution in [1.82, 2.24) is 0 Å². The van der Waals surface area contributed by atoms with E-state index in [0.29, 0.717) is 5.02 Å². The fourth-order valence-corrected chi connectivity index (χ4v) is 2.21. The second kappa shape index (κ2) is 7.16. The maximum Gasteiger partial charge on any atom is 0.0453 e. The van der Waals surface area contributed by atoms with Gasteiger partial charge in [-0.15, -0.1) is 0 Å². The standard InChI is InChI=1S/C13H19Cl2N/c1-2-3-4-5-12(16)8-10-6-7-11(14)9-13(10)15/h6-7,9,12H,2-5,8,16H2,1H3. The predicted molar refractivity (Wildman–Crippen MR) is 72.3 cm³/mol. The summed E-state index contributed by atoms with van der Waals surface area (Å²) >= 11 is 11.9. The first-order chi connectivity index (χ1) is 7.63. The topological polar surface area (TPSA) is 26.0 Å². The third kappa shape index (κ3) is 4.73. The lowest BCUT2D eigenvalue weighted by Gasteiger charge is -2.12. The van der Waals surface area contributed by atoms with Gasteiger partial charge in [0.2, 0.25) is 0 Å². The van der Waals surface area contributed by atoms with Gasteiger partial charge in [-0.25, -0.2) is 0 Å². The van der Waals surface area contributed by atoms with Crippen LogP contribution in [0.5, 0.6) is 0 Å². The largest absolute Gasteiger partial charge is 0.327 e. The van der Waals surface area contributed by atoms with Crippen molar-refractivity contribution in [3.63, 3.8) is 0 Å². The van der Waals surface area contributed by atoms with Crippen molar-refractivity contribution in [2.24, 2.45) is 5.73 Å². The summed E-state index contributed by atoms with van der Waals surface area (Å²) in [6.07, 6.45) is 5.58. The molecule has 1 nitrogen and oxygen atoms in total. The van der Waals surface area contributed by atoms with Crippen LogP contribution >= 0.6 is 23.2 Å². The molecule has 3 heteroatoms. The maximum atomic E-state index is 6.09. The van der Waals surface area contributed by atoms with Crippen molar-refractivity contribution >= 4 is 23.2 Å². The minimum Gasteiger partial charge on any atom is -0.327 e. The zero-order chi connectivity index (χ0) is 12.0. The van der Waals surface area contributed by atoms with E-state index in [1.165, 1.54) is 19.3 Å². The van der Waals surface area contributed by atoms with Crippen LogP contribution in [0.2, 0.25) is 10.0 Å². The first-order valence-electron chi connectivity index (χ1n) is 5.83. The second-order valence-electron chi connectivity index (χ2n) is 4.20. The molecule has 1 aromatic carbocycles. The van der Waals surface area contributed by atoms with Crippen molar-refractivity contribution in [2.75, 3.05) is 0 Å². The first-order valence-corrected chi connectivity index (χ1v) is 6.58. The molecule has 0 saturated heterocycles. The summed E-state index contributed by atoms with van der Waals surface area (Å²) < 4.78 is 0. The van der Waals surface area contributed by atoms with Crippen molar-refractivity contribution in [1.29, 1.82) is 0 Å². The average molecular weight is 260 g/mol. The SMILES string of the molecule is CCCCCC(N)Cc1ccc(Cl)cc1Cl. The van der Waals surface area contributed by atoms with Crippen LogP contribution in [0.15, 0.2) is 18.2 Å². The summed E-state index contributed by atoms with van der Waals surface area (Å²) in [6.45, 7) is 2.20. The summed E-state index contributed by atoms with van der Waals surface area (Å²) in [4.78, 5) is 0. The van der Waals surface area contributed by atoms with Crippen LogP contribution < -0.4 is 5.73 Å². The highest BCUT2D eigenvalue weighted by atomic mass is 35.5. The molecule has 1 aromatic rings. The lowest BCUT2D eigenvalue weighted by atomic mass is 10.0. The van der Waals surface area contributed by atoms with E-state index in [-0.39, 0.29) is 6.04 Å². The van der Waals surface area contributed by atoms with Crippen molar-refractivity contribution in [3.05, 3.63) is 33.8 Å². The lowest BCUT2D eigenvalue weighted by Crippen LogP contribution is -2.22. The van der Waals surface area contributed by atoms with Gasteiger partial charge >= 0.3 is 0 Å². The lowest BCUT2D eigenvalue weighted by molar-refractivity contribution is 0.557. The van der Waals surface area contributed by atoms with E-state index in [2.05, 4.69) is 6.92 Å². The number of benzene rings is 1. The Morgan fingerprint density at radius 1 is 1.25 bits per heavy atom. The quantitative estimate of drug-likeness (QED) is 0.751. The highest BCUT2D eigenvalue weighted by Gasteiger charge is 2.07. The number of hydrogen-bond donors (Lipinski definition) is 1. The van der Waals surface area contributed by atoms with Gasteiger partial charge in [0.15, 0.2) is 0 Å². The van der Waals surface area contributed by atoms with Crippen LogP contribution in [0.1, 0.15) is 38.2 Å². The normalized spacial score (nSPS) is 12.8. The zero-order valence-corrected chi connectivity index (χ0v) is 11.2. The van der Waals surface area contributed by atoms with Gasteiger partial charge < -0.3 is 5.73 Å². The smallest absolute Gasteiger partial charge is 0.0453 e. The van der Waals surface area contributed by atoms with Crippen LogP contribution in [-0.2, 0) is 6.42 Å². The van der Waals surface area contributed by atoms with Crippen LogP contribution in [0.25, 0.3) is 0 Å². The molecule has 2 N–H and O–H groups in total. The van der Waals surface area contributed by atoms with E-state index in [1.54, 1.807) is 6.07 Å². The number of halogens is 2. The van der Waals surface area contributed by atoms with Gasteiger partial charge in [-0.2, -0.15) is 0 Å². The molecule has 16 heavy (non-hydrogen) atoms. The number of nitrogens with two attached hydrogens (primary N) is 1. The molecular weight excluding hydrogens is 241 g/mol. The van der Waals surface area contributed by atoms with Gasteiger partial charge in [-0.1, -0.05) is 55.5 Å². The Hall–Kier alpha value is -0.240. The fraction of sp³-hybridized carbons (Fsp3) is 0.538. The summed E-state index contributed by atoms with van der Waals surface area (Å²) in [5.74, 6) is 0. The Morgan fingerprint density at radius 2 is 2.00 bits per heavy atom. The molecule has 0 saturated carbocycles. The number of unbranched alkanes of at least 4 members (excludes halogenated alkanes) is 2. The average Bonchev–Trinajstić information content (AvgIpc) is 2.23. The predicted octanol–water partition coefficient (Wildman–Crippen LogP) is 4.44. The Balaban J connectivity index is 2.46. The van der Waals surface area contributed by atoms with Crippen molar-refractivity contribution in [3.8, 4) is 0 Å². The number of hydrogen-bond acceptors (Lipinski definition) is 1. The molecular formula is C13H19Cl2N. The van der Waals surface area contributed by atoms with Crippen LogP contribution in [-0.4, -0.2) is 6.04 Å². The fourth-order valence-electron chi connectivity index (χ4n) is 1.73. The van der Waals surface area contributed by atoms with E-state index in [0.717, 1.165) is 23.4 Å². The molecule has 0 aliphatic carbocycles. The summed E-state index contributed by atoms with van der Waals surface area (Å²) in [5, 5.41) is 1.40. The van der Waals surface area contributed by atoms with Gasteiger partial charge in [0, 0.05) is 16.1 Å². The summed E-state index contributed by atoms with van der Waals surface area (Å²) in [5.41, 5.74) is 7.15. The monoisotopic (exact) mass is 259 g/mol. The summed E-state index contributed by atoms with van der Waals surface area (Å²) in [7, 11) is 0. The second-order valence-corrected chi connectivity index (χ2v) is 5.04. The van der Waals surface area contributed by atoms with E-state index in [1.807, 2.05) is 12.1 Å². The first kappa shape index (κ1) is 13.8. The highest BCUT2D eigenvalue weighted by molar-refractivity contribution is 6.35. The van der Waals surface area contributed by atoms with Crippen LogP contribution in [0.3, 0.4) is 0 Å². The molecule has 0 amide bonds. The molecule has 1 unspecified atom stereocenters. The van der Waals surface area contributed by atoms with Gasteiger partial charge in [-0.3, -0.25) is 0 Å². The molecule has 1 atom stereocenters. The van der Waals surface area contributed by atoms with E-state index < -0.39 is 0 Å². The summed E-state index contributed by atoms with van der Waals surface area (Å²) in [6, 6.07) is 5.80. The Labute approximate surface area is 108 Å². The van der Waals surface area contributed by atoms with Crippen molar-refractivity contribution < 1.29 is 0 Å². The van der Waals surface area contributed by atoms with E-state index in [9.17, 15) is 0 Å². The molecule has 0 bridgehead atoms. The van der Waals surface area contributed by atoms with Gasteiger partial charge in [-0.05, 0) is 30.5 Å². The minimum atomic E-state index is 0.199. The van der Waals surface area contributed by atoms with Crippen molar-refractivity contribution in [2.45, 2.75) is 45.1 Å². The molecule has 0 fully saturated rings. The van der Waals surface area contributed by atoms with Crippen LogP contribution in [0, 0.1) is 0 Å². The zero-order valence-electron chi connectivity index (χ0n) is 9.68. The highest BCUT2D eigenvalue weighted by Crippen LogP contribution is 2.22. The molecule has 0 aliphatic heterocycles. The number of rotatable bonds is 6. The molecule has 90 valence electrons. The third-order valence-corrected chi connectivity index (χ3v) is 3.26. The van der Waals surface area contributed by atoms with Gasteiger partial charge in [0.05, 0.1) is 0 Å². The van der Waals surface area contributed by atoms with E-state index >= 15 is 0 Å². The molecule has 0 aliphatic rings. The van der Waals surface area contributed by atoms with Crippen LogP contribution in [0.4, 0.5) is 0 Å². The Kier molecular flexibility index (Phi) is 6.18. The van der Waals surface area contributed by atoms with Gasteiger partial charge in [0.1, 0.15) is 0 Å².